The first-order valence-electron chi connectivity index (χ1n) is 7.97. The number of aliphatic carboxylic acids is 1. The minimum atomic E-state index is -1.14. The predicted octanol–water partition coefficient (Wildman–Crippen LogP) is 0.384. The average Bonchev–Trinajstić information content (AvgIpc) is 2.59. The number of carboxylic acid groups (broad SMARTS) is 1. The largest absolute Gasteiger partial charge is 0.480 e. The Morgan fingerprint density at radius 3 is 2.36 bits per heavy atom. The van der Waals surface area contributed by atoms with E-state index in [1.807, 2.05) is 36.6 Å². The van der Waals surface area contributed by atoms with E-state index in [0.717, 1.165) is 11.3 Å². The molecule has 0 saturated carbocycles. The summed E-state index contributed by atoms with van der Waals surface area (Å²) in [6, 6.07) is 6.52. The molecule has 0 unspecified atom stereocenters. The average molecular weight is 367 g/mol. The van der Waals surface area contributed by atoms with Crippen LogP contribution in [0.25, 0.3) is 0 Å². The van der Waals surface area contributed by atoms with Crippen molar-refractivity contribution >= 4 is 29.5 Å². The first-order valence-corrected chi connectivity index (χ1v) is 9.36. The molecule has 7 nitrogen and oxygen atoms in total. The molecule has 138 valence electrons. The molecule has 0 radical (unpaired) electrons. The van der Waals surface area contributed by atoms with Crippen LogP contribution in [0.15, 0.2) is 30.3 Å². The number of carbonyl (C=O) groups excluding carboxylic acids is 2. The van der Waals surface area contributed by atoms with E-state index in [2.05, 4.69) is 10.6 Å². The van der Waals surface area contributed by atoms with Crippen molar-refractivity contribution < 1.29 is 19.5 Å². The zero-order valence-electron chi connectivity index (χ0n) is 14.4. The molecule has 25 heavy (non-hydrogen) atoms. The van der Waals surface area contributed by atoms with Gasteiger partial charge in [-0.15, -0.1) is 0 Å². The van der Waals surface area contributed by atoms with Crippen molar-refractivity contribution in [1.29, 1.82) is 0 Å². The maximum atomic E-state index is 12.4. The maximum absolute atomic E-state index is 12.4. The van der Waals surface area contributed by atoms with Gasteiger partial charge >= 0.3 is 5.97 Å². The van der Waals surface area contributed by atoms with Crippen LogP contribution in [0.5, 0.6) is 0 Å². The van der Waals surface area contributed by atoms with Crippen LogP contribution in [0.1, 0.15) is 18.9 Å². The number of rotatable bonds is 10. The SMILES string of the molecule is CSCC[C@H](N)C(=O)N[C@@H](Cc1ccccc1)C(=O)N[C@@H](C)C(=O)O. The van der Waals surface area contributed by atoms with E-state index in [-0.39, 0.29) is 6.42 Å². The van der Waals surface area contributed by atoms with Crippen molar-refractivity contribution in [3.05, 3.63) is 35.9 Å². The molecular formula is C17H25N3O4S. The second-order valence-corrected chi connectivity index (χ2v) is 6.69. The summed E-state index contributed by atoms with van der Waals surface area (Å²) >= 11 is 1.58. The zero-order chi connectivity index (χ0) is 18.8. The Kier molecular flexibility index (Phi) is 9.01. The zero-order valence-corrected chi connectivity index (χ0v) is 15.2. The van der Waals surface area contributed by atoms with Crippen molar-refractivity contribution in [2.75, 3.05) is 12.0 Å². The summed E-state index contributed by atoms with van der Waals surface area (Å²) in [6.45, 7) is 1.37. The fourth-order valence-corrected chi connectivity index (χ4v) is 2.58. The summed E-state index contributed by atoms with van der Waals surface area (Å²) in [4.78, 5) is 35.6. The molecule has 0 heterocycles. The van der Waals surface area contributed by atoms with Crippen LogP contribution in [0.2, 0.25) is 0 Å². The molecule has 0 fully saturated rings. The van der Waals surface area contributed by atoms with Gasteiger partial charge in [-0.05, 0) is 30.9 Å². The number of amides is 2. The summed E-state index contributed by atoms with van der Waals surface area (Å²) in [5.74, 6) is -1.38. The lowest BCUT2D eigenvalue weighted by Gasteiger charge is -2.22. The molecule has 5 N–H and O–H groups in total. The van der Waals surface area contributed by atoms with E-state index in [1.165, 1.54) is 6.92 Å². The van der Waals surface area contributed by atoms with Gasteiger partial charge < -0.3 is 21.5 Å². The molecule has 1 aromatic carbocycles. The molecule has 0 aliphatic rings. The van der Waals surface area contributed by atoms with E-state index >= 15 is 0 Å². The third-order valence-corrected chi connectivity index (χ3v) is 4.26. The van der Waals surface area contributed by atoms with Gasteiger partial charge in [-0.25, -0.2) is 0 Å². The summed E-state index contributed by atoms with van der Waals surface area (Å²) in [6.07, 6.45) is 2.67. The first-order chi connectivity index (χ1) is 11.8. The number of thioether (sulfide) groups is 1. The van der Waals surface area contributed by atoms with Crippen LogP contribution >= 0.6 is 11.8 Å². The van der Waals surface area contributed by atoms with Crippen LogP contribution in [-0.2, 0) is 20.8 Å². The summed E-state index contributed by atoms with van der Waals surface area (Å²) in [7, 11) is 0. The highest BCUT2D eigenvalue weighted by Gasteiger charge is 2.26. The Bertz CT molecular complexity index is 583. The highest BCUT2D eigenvalue weighted by Crippen LogP contribution is 2.05. The number of hydrogen-bond donors (Lipinski definition) is 4. The van der Waals surface area contributed by atoms with Crippen molar-refractivity contribution in [2.45, 2.75) is 37.9 Å². The standard InChI is InChI=1S/C17H25N3O4S/c1-11(17(23)24)19-16(22)14(10-12-6-4-3-5-7-12)20-15(21)13(18)8-9-25-2/h3-7,11,13-14H,8-10,18H2,1-2H3,(H,19,22)(H,20,21)(H,23,24)/t11-,13-,14-/m0/s1. The van der Waals surface area contributed by atoms with Gasteiger partial charge in [0.15, 0.2) is 0 Å². The summed E-state index contributed by atoms with van der Waals surface area (Å²) in [5, 5.41) is 14.0. The number of carbonyl (C=O) groups is 3. The molecule has 3 atom stereocenters. The molecule has 0 aliphatic carbocycles. The predicted molar refractivity (Wildman–Crippen MR) is 98.3 cm³/mol. The highest BCUT2D eigenvalue weighted by atomic mass is 32.2. The third-order valence-electron chi connectivity index (χ3n) is 3.61. The molecule has 1 aromatic rings. The Morgan fingerprint density at radius 2 is 1.80 bits per heavy atom. The Morgan fingerprint density at radius 1 is 1.16 bits per heavy atom. The number of hydrogen-bond acceptors (Lipinski definition) is 5. The second kappa shape index (κ2) is 10.7. The molecule has 1 rings (SSSR count). The van der Waals surface area contributed by atoms with Crippen LogP contribution < -0.4 is 16.4 Å². The lowest BCUT2D eigenvalue weighted by atomic mass is 10.0. The van der Waals surface area contributed by atoms with Gasteiger partial charge in [0, 0.05) is 6.42 Å². The molecular weight excluding hydrogens is 342 g/mol. The number of benzene rings is 1. The van der Waals surface area contributed by atoms with Gasteiger partial charge in [-0.2, -0.15) is 11.8 Å². The fraction of sp³-hybridized carbons (Fsp3) is 0.471. The summed E-state index contributed by atoms with van der Waals surface area (Å²) in [5.41, 5.74) is 6.69. The lowest BCUT2D eigenvalue weighted by Crippen LogP contribution is -2.54. The van der Waals surface area contributed by atoms with Gasteiger partial charge in [-0.1, -0.05) is 30.3 Å². The molecule has 0 aromatic heterocycles. The van der Waals surface area contributed by atoms with Crippen LogP contribution in [-0.4, -0.2) is 53.0 Å². The van der Waals surface area contributed by atoms with E-state index in [9.17, 15) is 14.4 Å². The van der Waals surface area contributed by atoms with E-state index in [1.54, 1.807) is 11.8 Å². The number of nitrogens with two attached hydrogens (primary N) is 1. The Hall–Kier alpha value is -2.06. The van der Waals surface area contributed by atoms with E-state index in [4.69, 9.17) is 10.8 Å². The maximum Gasteiger partial charge on any atom is 0.325 e. The quantitative estimate of drug-likeness (QED) is 0.474. The van der Waals surface area contributed by atoms with Crippen molar-refractivity contribution in [3.63, 3.8) is 0 Å². The van der Waals surface area contributed by atoms with Crippen molar-refractivity contribution in [2.24, 2.45) is 5.73 Å². The normalized spacial score (nSPS) is 14.2. The Balaban J connectivity index is 2.81. The smallest absolute Gasteiger partial charge is 0.325 e. The monoisotopic (exact) mass is 367 g/mol. The number of carboxylic acids is 1. The molecule has 0 saturated heterocycles. The lowest BCUT2D eigenvalue weighted by molar-refractivity contribution is -0.141. The van der Waals surface area contributed by atoms with Gasteiger partial charge in [0.25, 0.3) is 0 Å². The minimum Gasteiger partial charge on any atom is -0.480 e. The minimum absolute atomic E-state index is 0.250. The third kappa shape index (κ3) is 7.57. The molecule has 8 heteroatoms. The topological polar surface area (TPSA) is 122 Å². The molecule has 0 bridgehead atoms. The van der Waals surface area contributed by atoms with E-state index in [0.29, 0.717) is 6.42 Å². The second-order valence-electron chi connectivity index (χ2n) is 5.71. The van der Waals surface area contributed by atoms with Gasteiger partial charge in [0.2, 0.25) is 11.8 Å². The number of nitrogens with one attached hydrogen (secondary N) is 2. The van der Waals surface area contributed by atoms with Gasteiger partial charge in [-0.3, -0.25) is 14.4 Å². The van der Waals surface area contributed by atoms with E-state index < -0.39 is 35.9 Å². The molecule has 2 amide bonds. The van der Waals surface area contributed by atoms with Crippen LogP contribution in [0.3, 0.4) is 0 Å². The highest BCUT2D eigenvalue weighted by molar-refractivity contribution is 7.98. The molecule has 0 spiro atoms. The van der Waals surface area contributed by atoms with Gasteiger partial charge in [0.1, 0.15) is 12.1 Å². The molecule has 0 aliphatic heterocycles. The van der Waals surface area contributed by atoms with Crippen LogP contribution in [0.4, 0.5) is 0 Å². The van der Waals surface area contributed by atoms with Crippen LogP contribution in [0, 0.1) is 0 Å². The van der Waals surface area contributed by atoms with Crippen molar-refractivity contribution in [3.8, 4) is 0 Å². The Labute approximate surface area is 151 Å². The van der Waals surface area contributed by atoms with Crippen molar-refractivity contribution in [1.82, 2.24) is 10.6 Å². The summed E-state index contributed by atoms with van der Waals surface area (Å²) < 4.78 is 0. The van der Waals surface area contributed by atoms with Gasteiger partial charge in [0.05, 0.1) is 6.04 Å². The first kappa shape index (κ1) is 21.0. The fourth-order valence-electron chi connectivity index (χ4n) is 2.09.